The predicted octanol–water partition coefficient (Wildman–Crippen LogP) is 3.33. The van der Waals surface area contributed by atoms with E-state index in [-0.39, 0.29) is 0 Å². The molecule has 0 aliphatic carbocycles. The summed E-state index contributed by atoms with van der Waals surface area (Å²) in [6, 6.07) is 13.6. The first-order chi connectivity index (χ1) is 13.8. The second-order valence-electron chi connectivity index (χ2n) is 5.85. The SMILES string of the molecule is COCCn1c(SCc2nc(-c3ccccc3)no2)nnc1-c1ccncc1. The van der Waals surface area contributed by atoms with Gasteiger partial charge in [0.1, 0.15) is 0 Å². The van der Waals surface area contributed by atoms with E-state index in [4.69, 9.17) is 9.26 Å². The van der Waals surface area contributed by atoms with Crippen LogP contribution < -0.4 is 0 Å². The molecule has 0 saturated heterocycles. The quantitative estimate of drug-likeness (QED) is 0.420. The van der Waals surface area contributed by atoms with Crippen molar-refractivity contribution in [3.8, 4) is 22.8 Å². The minimum absolute atomic E-state index is 0.501. The minimum atomic E-state index is 0.501. The van der Waals surface area contributed by atoms with Crippen LogP contribution in [0.2, 0.25) is 0 Å². The third kappa shape index (κ3) is 4.10. The van der Waals surface area contributed by atoms with E-state index in [0.717, 1.165) is 22.1 Å². The van der Waals surface area contributed by atoms with Crippen molar-refractivity contribution < 1.29 is 9.26 Å². The number of pyridine rings is 1. The van der Waals surface area contributed by atoms with Crippen LogP contribution >= 0.6 is 11.8 Å². The van der Waals surface area contributed by atoms with Crippen molar-refractivity contribution >= 4 is 11.8 Å². The molecular weight excluding hydrogens is 376 g/mol. The molecule has 28 heavy (non-hydrogen) atoms. The van der Waals surface area contributed by atoms with Gasteiger partial charge in [0.2, 0.25) is 11.7 Å². The van der Waals surface area contributed by atoms with Crippen LogP contribution in [0.15, 0.2) is 64.5 Å². The lowest BCUT2D eigenvalue weighted by Gasteiger charge is -2.08. The van der Waals surface area contributed by atoms with Crippen molar-refractivity contribution in [2.45, 2.75) is 17.5 Å². The van der Waals surface area contributed by atoms with E-state index in [9.17, 15) is 0 Å². The summed E-state index contributed by atoms with van der Waals surface area (Å²) in [4.78, 5) is 8.52. The lowest BCUT2D eigenvalue weighted by Crippen LogP contribution is -2.07. The van der Waals surface area contributed by atoms with Crippen molar-refractivity contribution in [3.05, 3.63) is 60.7 Å². The Morgan fingerprint density at radius 3 is 2.64 bits per heavy atom. The fourth-order valence-electron chi connectivity index (χ4n) is 2.64. The predicted molar refractivity (Wildman–Crippen MR) is 104 cm³/mol. The molecule has 0 unspecified atom stereocenters. The summed E-state index contributed by atoms with van der Waals surface area (Å²) in [6.45, 7) is 1.20. The van der Waals surface area contributed by atoms with Gasteiger partial charge in [-0.05, 0) is 12.1 Å². The molecule has 0 aliphatic rings. The summed E-state index contributed by atoms with van der Waals surface area (Å²) in [6.07, 6.45) is 3.47. The van der Waals surface area contributed by atoms with Gasteiger partial charge in [-0.25, -0.2) is 0 Å². The Kier molecular flexibility index (Phi) is 5.74. The fraction of sp³-hybridized carbons (Fsp3) is 0.211. The summed E-state index contributed by atoms with van der Waals surface area (Å²) in [5.74, 6) is 2.39. The van der Waals surface area contributed by atoms with Crippen molar-refractivity contribution in [2.24, 2.45) is 0 Å². The molecule has 0 bridgehead atoms. The Hall–Kier alpha value is -3.04. The maximum Gasteiger partial charge on any atom is 0.237 e. The highest BCUT2D eigenvalue weighted by molar-refractivity contribution is 7.98. The van der Waals surface area contributed by atoms with Crippen LogP contribution in [-0.2, 0) is 17.0 Å². The summed E-state index contributed by atoms with van der Waals surface area (Å²) in [7, 11) is 1.67. The van der Waals surface area contributed by atoms with Gasteiger partial charge in [-0.15, -0.1) is 10.2 Å². The van der Waals surface area contributed by atoms with Gasteiger partial charge < -0.3 is 9.26 Å². The van der Waals surface area contributed by atoms with E-state index in [0.29, 0.717) is 30.6 Å². The molecule has 0 atom stereocenters. The highest BCUT2D eigenvalue weighted by atomic mass is 32.2. The van der Waals surface area contributed by atoms with Crippen LogP contribution in [0.1, 0.15) is 5.89 Å². The van der Waals surface area contributed by atoms with Gasteiger partial charge in [-0.1, -0.05) is 47.3 Å². The highest BCUT2D eigenvalue weighted by Gasteiger charge is 2.16. The third-order valence-electron chi connectivity index (χ3n) is 4.00. The Morgan fingerprint density at radius 1 is 1.04 bits per heavy atom. The zero-order chi connectivity index (χ0) is 19.2. The smallest absolute Gasteiger partial charge is 0.237 e. The molecule has 0 spiro atoms. The van der Waals surface area contributed by atoms with Crippen LogP contribution in [0.5, 0.6) is 0 Å². The normalized spacial score (nSPS) is 11.0. The second kappa shape index (κ2) is 8.77. The van der Waals surface area contributed by atoms with Gasteiger partial charge in [0.05, 0.1) is 18.9 Å². The molecule has 0 radical (unpaired) electrons. The standard InChI is InChI=1S/C19H18N6O2S/c1-26-12-11-25-18(15-7-9-20-10-8-15)22-23-19(25)28-13-16-21-17(24-27-16)14-5-3-2-4-6-14/h2-10H,11-13H2,1H3. The first-order valence-corrected chi connectivity index (χ1v) is 9.67. The zero-order valence-electron chi connectivity index (χ0n) is 15.2. The molecule has 0 saturated carbocycles. The van der Waals surface area contributed by atoms with Gasteiger partial charge in [0.15, 0.2) is 11.0 Å². The van der Waals surface area contributed by atoms with Crippen LogP contribution in [0.25, 0.3) is 22.8 Å². The minimum Gasteiger partial charge on any atom is -0.383 e. The van der Waals surface area contributed by atoms with Crippen molar-refractivity contribution in [1.82, 2.24) is 29.9 Å². The summed E-state index contributed by atoms with van der Waals surface area (Å²) >= 11 is 1.50. The van der Waals surface area contributed by atoms with Crippen molar-refractivity contribution in [3.63, 3.8) is 0 Å². The molecule has 0 amide bonds. The lowest BCUT2D eigenvalue weighted by atomic mass is 10.2. The molecule has 3 aromatic heterocycles. The number of benzene rings is 1. The van der Waals surface area contributed by atoms with Gasteiger partial charge in [0.25, 0.3) is 0 Å². The molecular formula is C19H18N6O2S. The Bertz CT molecular complexity index is 1020. The summed E-state index contributed by atoms with van der Waals surface area (Å²) in [5.41, 5.74) is 1.88. The van der Waals surface area contributed by atoms with Gasteiger partial charge in [-0.2, -0.15) is 4.98 Å². The van der Waals surface area contributed by atoms with E-state index in [2.05, 4.69) is 25.3 Å². The fourth-order valence-corrected chi connectivity index (χ4v) is 3.44. The molecule has 8 nitrogen and oxygen atoms in total. The summed E-state index contributed by atoms with van der Waals surface area (Å²) in [5, 5.41) is 13.5. The number of thioether (sulfide) groups is 1. The monoisotopic (exact) mass is 394 g/mol. The largest absolute Gasteiger partial charge is 0.383 e. The molecule has 4 aromatic rings. The van der Waals surface area contributed by atoms with Crippen LogP contribution in [-0.4, -0.2) is 43.6 Å². The van der Waals surface area contributed by atoms with Gasteiger partial charge >= 0.3 is 0 Å². The van der Waals surface area contributed by atoms with Crippen LogP contribution in [0.3, 0.4) is 0 Å². The number of hydrogen-bond donors (Lipinski definition) is 0. The average molecular weight is 394 g/mol. The Morgan fingerprint density at radius 2 is 1.86 bits per heavy atom. The molecule has 142 valence electrons. The van der Waals surface area contributed by atoms with Gasteiger partial charge in [-0.3, -0.25) is 9.55 Å². The van der Waals surface area contributed by atoms with Crippen molar-refractivity contribution in [1.29, 1.82) is 0 Å². The van der Waals surface area contributed by atoms with Gasteiger partial charge in [0, 0.05) is 30.6 Å². The number of aromatic nitrogens is 6. The van der Waals surface area contributed by atoms with E-state index in [1.807, 2.05) is 47.0 Å². The average Bonchev–Trinajstić information content (AvgIpc) is 3.39. The van der Waals surface area contributed by atoms with Crippen LogP contribution in [0, 0.1) is 0 Å². The number of nitrogens with zero attached hydrogens (tertiary/aromatic N) is 6. The molecule has 9 heteroatoms. The topological polar surface area (TPSA) is 91.8 Å². The maximum atomic E-state index is 5.38. The zero-order valence-corrected chi connectivity index (χ0v) is 16.0. The highest BCUT2D eigenvalue weighted by Crippen LogP contribution is 2.26. The number of rotatable bonds is 8. The Balaban J connectivity index is 1.52. The molecule has 0 aliphatic heterocycles. The molecule has 3 heterocycles. The maximum absolute atomic E-state index is 5.38. The van der Waals surface area contributed by atoms with E-state index in [1.54, 1.807) is 19.5 Å². The Labute approximate surface area is 166 Å². The molecule has 1 aromatic carbocycles. The molecule has 0 N–H and O–H groups in total. The second-order valence-corrected chi connectivity index (χ2v) is 6.80. The lowest BCUT2D eigenvalue weighted by molar-refractivity contribution is 0.185. The van der Waals surface area contributed by atoms with Crippen molar-refractivity contribution in [2.75, 3.05) is 13.7 Å². The van der Waals surface area contributed by atoms with E-state index < -0.39 is 0 Å². The molecule has 0 fully saturated rings. The first kappa shape index (κ1) is 18.3. The number of methoxy groups -OCH3 is 1. The van der Waals surface area contributed by atoms with Crippen LogP contribution in [0.4, 0.5) is 0 Å². The third-order valence-corrected chi connectivity index (χ3v) is 4.95. The first-order valence-electron chi connectivity index (χ1n) is 8.68. The van der Waals surface area contributed by atoms with E-state index in [1.165, 1.54) is 11.8 Å². The number of hydrogen-bond acceptors (Lipinski definition) is 8. The number of ether oxygens (including phenoxy) is 1. The summed E-state index contributed by atoms with van der Waals surface area (Å²) < 4.78 is 12.6. The molecule has 4 rings (SSSR count). The van der Waals surface area contributed by atoms with E-state index >= 15 is 0 Å².